The summed E-state index contributed by atoms with van der Waals surface area (Å²) < 4.78 is 5.46. The van der Waals surface area contributed by atoms with Gasteiger partial charge in [-0.1, -0.05) is 51.9 Å². The third-order valence-corrected chi connectivity index (χ3v) is 5.61. The zero-order valence-electron chi connectivity index (χ0n) is 21.0. The van der Waals surface area contributed by atoms with E-state index < -0.39 is 29.9 Å². The van der Waals surface area contributed by atoms with Crippen LogP contribution in [-0.4, -0.2) is 59.5 Å². The van der Waals surface area contributed by atoms with Gasteiger partial charge in [0, 0.05) is 35.4 Å². The molecule has 0 aliphatic carbocycles. The van der Waals surface area contributed by atoms with E-state index in [1.807, 2.05) is 0 Å². The first kappa shape index (κ1) is 33.1. The summed E-state index contributed by atoms with van der Waals surface area (Å²) in [7, 11) is 0. The van der Waals surface area contributed by atoms with Gasteiger partial charge >= 0.3 is 5.97 Å². The van der Waals surface area contributed by atoms with E-state index in [4.69, 9.17) is 16.2 Å². The van der Waals surface area contributed by atoms with Crippen LogP contribution in [0.1, 0.15) is 83.2 Å². The van der Waals surface area contributed by atoms with Gasteiger partial charge in [-0.15, -0.1) is 0 Å². The van der Waals surface area contributed by atoms with Crippen molar-refractivity contribution < 1.29 is 36.2 Å². The van der Waals surface area contributed by atoms with E-state index in [0.29, 0.717) is 31.7 Å². The van der Waals surface area contributed by atoms with E-state index in [1.165, 1.54) is 38.4 Å². The van der Waals surface area contributed by atoms with E-state index in [1.54, 1.807) is 6.20 Å². The number of hydrogen-bond donors (Lipinski definition) is 5. The fourth-order valence-corrected chi connectivity index (χ4v) is 3.60. The number of nitrogens with two attached hydrogens (primary N) is 2. The molecule has 1 rings (SSSR count). The fraction of sp³-hybridized carbons (Fsp3) is 0.750. The van der Waals surface area contributed by atoms with Crippen molar-refractivity contribution in [3.63, 3.8) is 0 Å². The van der Waals surface area contributed by atoms with Crippen LogP contribution < -0.4 is 22.1 Å². The second-order valence-corrected chi connectivity index (χ2v) is 8.59. The summed E-state index contributed by atoms with van der Waals surface area (Å²) in [5, 5.41) is 5.36. The molecule has 0 aliphatic heterocycles. The Labute approximate surface area is 219 Å². The zero-order chi connectivity index (χ0) is 25.0. The molecule has 1 aromatic rings. The number of ether oxygens (including phenoxy) is 1. The molecular weight excluding hydrogens is 500 g/mol. The Morgan fingerprint density at radius 1 is 0.971 bits per heavy atom. The third kappa shape index (κ3) is 15.6. The first-order valence-corrected chi connectivity index (χ1v) is 12.7. The molecule has 0 saturated heterocycles. The monoisotopic (exact) mass is 543 g/mol. The molecule has 0 aliphatic rings. The predicted octanol–water partition coefficient (Wildman–Crippen LogP) is 1.69. The van der Waals surface area contributed by atoms with E-state index >= 15 is 0 Å². The minimum atomic E-state index is -0.894. The number of esters is 1. The Morgan fingerprint density at radius 2 is 1.66 bits per heavy atom. The van der Waals surface area contributed by atoms with Crippen molar-refractivity contribution in [2.45, 2.75) is 96.1 Å². The van der Waals surface area contributed by atoms with E-state index in [2.05, 4.69) is 27.5 Å². The van der Waals surface area contributed by atoms with Gasteiger partial charge < -0.3 is 31.8 Å². The van der Waals surface area contributed by atoms with Gasteiger partial charge in [-0.3, -0.25) is 9.59 Å². The molecular formula is C24H44CuN6O4. The van der Waals surface area contributed by atoms with Crippen molar-refractivity contribution in [2.75, 3.05) is 19.7 Å². The molecule has 2 amide bonds. The van der Waals surface area contributed by atoms with E-state index in [-0.39, 0.29) is 30.0 Å². The third-order valence-electron chi connectivity index (χ3n) is 5.61. The summed E-state index contributed by atoms with van der Waals surface area (Å²) in [6.07, 6.45) is 14.3. The Morgan fingerprint density at radius 3 is 2.26 bits per heavy atom. The number of aromatic nitrogens is 2. The van der Waals surface area contributed by atoms with Crippen LogP contribution >= 0.6 is 0 Å². The number of rotatable bonds is 20. The van der Waals surface area contributed by atoms with Gasteiger partial charge in [-0.05, 0) is 32.2 Å². The average Bonchev–Trinajstić information content (AvgIpc) is 3.35. The first-order chi connectivity index (χ1) is 16.5. The van der Waals surface area contributed by atoms with Crippen molar-refractivity contribution in [3.05, 3.63) is 18.2 Å². The van der Waals surface area contributed by atoms with E-state index in [0.717, 1.165) is 25.7 Å². The van der Waals surface area contributed by atoms with Crippen LogP contribution in [-0.2, 0) is 42.6 Å². The van der Waals surface area contributed by atoms with Crippen LogP contribution in [0.3, 0.4) is 0 Å². The van der Waals surface area contributed by atoms with Crippen molar-refractivity contribution in [1.82, 2.24) is 20.6 Å². The van der Waals surface area contributed by atoms with Gasteiger partial charge in [-0.2, -0.15) is 0 Å². The van der Waals surface area contributed by atoms with Crippen molar-refractivity contribution in [2.24, 2.45) is 11.5 Å². The van der Waals surface area contributed by atoms with Crippen LogP contribution in [0.25, 0.3) is 0 Å². The number of carbonyl (C=O) groups is 3. The second-order valence-electron chi connectivity index (χ2n) is 8.59. The largest absolute Gasteiger partial charge is 0.464 e. The normalized spacial score (nSPS) is 12.3. The SMILES string of the molecule is CCCCCCCCCCOC(=O)[C@H](CCCCN)NC(=O)[C@H](Cc1cnc[nH]1)NC(=O)CN.[Cu]. The number of aromatic amines is 1. The standard InChI is InChI=1S/C24H44N6O4.Cu/c1-2-3-4-5-6-7-8-11-14-34-24(33)20(12-9-10-13-25)30-23(32)21(29-22(31)16-26)15-19-17-27-18-28-19;/h17-18,20-21H,2-16,25-26H2,1H3,(H,27,28)(H,29,31)(H,30,32);/t20-,21-;/m0./s1. The molecule has 2 atom stereocenters. The predicted molar refractivity (Wildman–Crippen MR) is 132 cm³/mol. The smallest absolute Gasteiger partial charge is 0.328 e. The number of nitrogens with zero attached hydrogens (tertiary/aromatic N) is 1. The number of hydrogen-bond acceptors (Lipinski definition) is 7. The number of nitrogens with one attached hydrogen (secondary N) is 3. The molecule has 0 unspecified atom stereocenters. The van der Waals surface area contributed by atoms with Crippen molar-refractivity contribution in [3.8, 4) is 0 Å². The van der Waals surface area contributed by atoms with Crippen LogP contribution in [0.4, 0.5) is 0 Å². The first-order valence-electron chi connectivity index (χ1n) is 12.7. The maximum absolute atomic E-state index is 13.0. The van der Waals surface area contributed by atoms with Gasteiger partial charge in [0.1, 0.15) is 12.1 Å². The maximum atomic E-state index is 13.0. The van der Waals surface area contributed by atoms with Gasteiger partial charge in [0.15, 0.2) is 0 Å². The topological polar surface area (TPSA) is 165 Å². The molecule has 0 spiro atoms. The summed E-state index contributed by atoms with van der Waals surface area (Å²) >= 11 is 0. The van der Waals surface area contributed by atoms with Crippen LogP contribution in [0.2, 0.25) is 0 Å². The Hall–Kier alpha value is -1.94. The van der Waals surface area contributed by atoms with Crippen molar-refractivity contribution >= 4 is 17.8 Å². The number of imidazole rings is 1. The van der Waals surface area contributed by atoms with Crippen LogP contribution in [0.5, 0.6) is 0 Å². The second kappa shape index (κ2) is 21.4. The zero-order valence-corrected chi connectivity index (χ0v) is 21.9. The molecule has 1 radical (unpaired) electrons. The maximum Gasteiger partial charge on any atom is 0.328 e. The molecule has 205 valence electrons. The van der Waals surface area contributed by atoms with Crippen LogP contribution in [0.15, 0.2) is 12.5 Å². The molecule has 35 heavy (non-hydrogen) atoms. The van der Waals surface area contributed by atoms with Gasteiger partial charge in [0.05, 0.1) is 19.5 Å². The summed E-state index contributed by atoms with van der Waals surface area (Å²) in [5.41, 5.74) is 11.6. The number of H-pyrrole nitrogens is 1. The molecule has 7 N–H and O–H groups in total. The molecule has 0 saturated carbocycles. The molecule has 0 bridgehead atoms. The number of unbranched alkanes of at least 4 members (excludes halogenated alkanes) is 8. The molecule has 0 fully saturated rings. The summed E-state index contributed by atoms with van der Waals surface area (Å²) in [6, 6.07) is -1.69. The Bertz CT molecular complexity index is 690. The minimum absolute atomic E-state index is 0. The Balaban J connectivity index is 0.0000116. The summed E-state index contributed by atoms with van der Waals surface area (Å²) in [5.74, 6) is -1.39. The summed E-state index contributed by atoms with van der Waals surface area (Å²) in [4.78, 5) is 44.4. The summed E-state index contributed by atoms with van der Waals surface area (Å²) in [6.45, 7) is 2.80. The van der Waals surface area contributed by atoms with Crippen molar-refractivity contribution in [1.29, 1.82) is 0 Å². The molecule has 1 aromatic heterocycles. The molecule has 11 heteroatoms. The molecule has 0 aromatic carbocycles. The minimum Gasteiger partial charge on any atom is -0.464 e. The Kier molecular flexibility index (Phi) is 20.2. The molecule has 1 heterocycles. The van der Waals surface area contributed by atoms with Gasteiger partial charge in [0.25, 0.3) is 0 Å². The van der Waals surface area contributed by atoms with Gasteiger partial charge in [0.2, 0.25) is 11.8 Å². The number of amides is 2. The van der Waals surface area contributed by atoms with Gasteiger partial charge in [-0.25, -0.2) is 9.78 Å². The fourth-order valence-electron chi connectivity index (χ4n) is 3.60. The molecule has 10 nitrogen and oxygen atoms in total. The quantitative estimate of drug-likeness (QED) is 0.0947. The van der Waals surface area contributed by atoms with Crippen LogP contribution in [0, 0.1) is 0 Å². The number of carbonyl (C=O) groups excluding carboxylic acids is 3. The average molecular weight is 544 g/mol. The van der Waals surface area contributed by atoms with E-state index in [9.17, 15) is 14.4 Å².